The molecule has 2 amide bonds. The van der Waals surface area contributed by atoms with Gasteiger partial charge in [-0.25, -0.2) is 9.18 Å². The van der Waals surface area contributed by atoms with Crippen LogP contribution < -0.4 is 5.32 Å². The van der Waals surface area contributed by atoms with Crippen LogP contribution in [0, 0.1) is 11.7 Å². The lowest BCUT2D eigenvalue weighted by molar-refractivity contribution is 0.0914. The predicted molar refractivity (Wildman–Crippen MR) is 80.4 cm³/mol. The zero-order valence-electron chi connectivity index (χ0n) is 12.3. The van der Waals surface area contributed by atoms with Gasteiger partial charge in [-0.3, -0.25) is 4.79 Å². The van der Waals surface area contributed by atoms with Crippen molar-refractivity contribution in [3.63, 3.8) is 0 Å². The summed E-state index contributed by atoms with van der Waals surface area (Å²) in [5.74, 6) is -0.499. The van der Waals surface area contributed by atoms with E-state index in [0.29, 0.717) is 25.6 Å². The molecule has 1 aliphatic rings. The Labute approximate surface area is 133 Å². The Hall–Kier alpha value is -1.82. The van der Waals surface area contributed by atoms with Crippen LogP contribution in [-0.4, -0.2) is 43.6 Å². The standard InChI is InChI=1S/C15H18ClFN2O3/c1-22-15(21)19-6-4-10(5-7-19)9-18-14(20)12-3-2-11(17)8-13(12)16/h2-3,8,10H,4-7,9H2,1H3,(H,18,20). The first-order chi connectivity index (χ1) is 10.5. The number of benzene rings is 1. The summed E-state index contributed by atoms with van der Waals surface area (Å²) in [5.41, 5.74) is 0.259. The van der Waals surface area contributed by atoms with Gasteiger partial charge in [0.25, 0.3) is 5.91 Å². The molecule has 0 spiro atoms. The van der Waals surface area contributed by atoms with Crippen LogP contribution in [0.4, 0.5) is 9.18 Å². The number of rotatable bonds is 3. The van der Waals surface area contributed by atoms with Gasteiger partial charge in [0.2, 0.25) is 0 Å². The fourth-order valence-corrected chi connectivity index (χ4v) is 2.71. The van der Waals surface area contributed by atoms with Crippen molar-refractivity contribution in [2.24, 2.45) is 5.92 Å². The molecule has 1 saturated heterocycles. The van der Waals surface area contributed by atoms with E-state index in [1.54, 1.807) is 4.90 Å². The molecular weight excluding hydrogens is 311 g/mol. The van der Waals surface area contributed by atoms with Crippen molar-refractivity contribution in [2.75, 3.05) is 26.7 Å². The van der Waals surface area contributed by atoms with Gasteiger partial charge >= 0.3 is 6.09 Å². The summed E-state index contributed by atoms with van der Waals surface area (Å²) in [6.07, 6.45) is 1.28. The van der Waals surface area contributed by atoms with Crippen molar-refractivity contribution in [1.29, 1.82) is 0 Å². The highest BCUT2D eigenvalue weighted by molar-refractivity contribution is 6.33. The Bertz CT molecular complexity index is 560. The van der Waals surface area contributed by atoms with Gasteiger partial charge in [0.05, 0.1) is 17.7 Å². The van der Waals surface area contributed by atoms with E-state index in [1.165, 1.54) is 19.2 Å². The summed E-state index contributed by atoms with van der Waals surface area (Å²) in [6, 6.07) is 3.69. The molecule has 0 atom stereocenters. The van der Waals surface area contributed by atoms with Crippen molar-refractivity contribution >= 4 is 23.6 Å². The molecule has 5 nitrogen and oxygen atoms in total. The van der Waals surface area contributed by atoms with Crippen molar-refractivity contribution in [3.8, 4) is 0 Å². The molecule has 1 N–H and O–H groups in total. The number of amides is 2. The maximum absolute atomic E-state index is 13.0. The Balaban J connectivity index is 1.81. The van der Waals surface area contributed by atoms with Crippen molar-refractivity contribution in [2.45, 2.75) is 12.8 Å². The molecule has 2 rings (SSSR count). The average Bonchev–Trinajstić information content (AvgIpc) is 2.52. The number of nitrogens with zero attached hydrogens (tertiary/aromatic N) is 1. The second-order valence-corrected chi connectivity index (χ2v) is 5.64. The minimum Gasteiger partial charge on any atom is -0.453 e. The van der Waals surface area contributed by atoms with E-state index in [9.17, 15) is 14.0 Å². The highest BCUT2D eigenvalue weighted by Crippen LogP contribution is 2.19. The number of nitrogens with one attached hydrogen (secondary N) is 1. The number of likely N-dealkylation sites (tertiary alicyclic amines) is 1. The van der Waals surface area contributed by atoms with E-state index in [1.807, 2.05) is 0 Å². The van der Waals surface area contributed by atoms with Gasteiger partial charge in [-0.15, -0.1) is 0 Å². The van der Waals surface area contributed by atoms with E-state index in [0.717, 1.165) is 18.9 Å². The highest BCUT2D eigenvalue weighted by atomic mass is 35.5. The second-order valence-electron chi connectivity index (χ2n) is 5.23. The molecule has 0 unspecified atom stereocenters. The summed E-state index contributed by atoms with van der Waals surface area (Å²) in [7, 11) is 1.36. The van der Waals surface area contributed by atoms with Crippen molar-refractivity contribution < 1.29 is 18.7 Å². The molecule has 1 aromatic carbocycles. The van der Waals surface area contributed by atoms with Crippen LogP contribution in [-0.2, 0) is 4.74 Å². The quantitative estimate of drug-likeness (QED) is 0.928. The molecule has 7 heteroatoms. The molecule has 120 valence electrons. The van der Waals surface area contributed by atoms with E-state index in [4.69, 9.17) is 11.6 Å². The lowest BCUT2D eigenvalue weighted by Gasteiger charge is -2.30. The number of hydrogen-bond donors (Lipinski definition) is 1. The average molecular weight is 329 g/mol. The van der Waals surface area contributed by atoms with Crippen LogP contribution in [0.1, 0.15) is 23.2 Å². The van der Waals surface area contributed by atoms with Crippen LogP contribution in [0.3, 0.4) is 0 Å². The molecule has 1 heterocycles. The van der Waals surface area contributed by atoms with Crippen LogP contribution in [0.2, 0.25) is 5.02 Å². The van der Waals surface area contributed by atoms with Gasteiger partial charge in [0.1, 0.15) is 5.82 Å². The van der Waals surface area contributed by atoms with Gasteiger partial charge in [-0.2, -0.15) is 0 Å². The number of piperidine rings is 1. The Morgan fingerprint density at radius 2 is 2.09 bits per heavy atom. The Morgan fingerprint density at radius 1 is 1.41 bits per heavy atom. The van der Waals surface area contributed by atoms with Crippen LogP contribution in [0.25, 0.3) is 0 Å². The number of halogens is 2. The van der Waals surface area contributed by atoms with Gasteiger partial charge < -0.3 is 15.0 Å². The smallest absolute Gasteiger partial charge is 0.409 e. The minimum absolute atomic E-state index is 0.0954. The number of ether oxygens (including phenoxy) is 1. The summed E-state index contributed by atoms with van der Waals surface area (Å²) in [4.78, 5) is 25.1. The Morgan fingerprint density at radius 3 is 2.68 bits per heavy atom. The fourth-order valence-electron chi connectivity index (χ4n) is 2.45. The summed E-state index contributed by atoms with van der Waals surface area (Å²) >= 11 is 5.86. The summed E-state index contributed by atoms with van der Waals surface area (Å²) in [5, 5.41) is 2.90. The second kappa shape index (κ2) is 7.45. The molecule has 0 saturated carbocycles. The zero-order chi connectivity index (χ0) is 16.1. The van der Waals surface area contributed by atoms with Gasteiger partial charge in [-0.05, 0) is 37.0 Å². The number of carbonyl (C=O) groups excluding carboxylic acids is 2. The van der Waals surface area contributed by atoms with E-state index >= 15 is 0 Å². The number of methoxy groups -OCH3 is 1. The largest absolute Gasteiger partial charge is 0.453 e. The van der Waals surface area contributed by atoms with Crippen LogP contribution >= 0.6 is 11.6 Å². The molecule has 0 radical (unpaired) electrons. The molecule has 1 aliphatic heterocycles. The molecule has 0 aliphatic carbocycles. The summed E-state index contributed by atoms with van der Waals surface area (Å²) in [6.45, 7) is 1.73. The van der Waals surface area contributed by atoms with Crippen molar-refractivity contribution in [3.05, 3.63) is 34.6 Å². The van der Waals surface area contributed by atoms with Crippen LogP contribution in [0.15, 0.2) is 18.2 Å². The first-order valence-electron chi connectivity index (χ1n) is 7.07. The number of carbonyl (C=O) groups is 2. The van der Waals surface area contributed by atoms with Gasteiger partial charge in [-0.1, -0.05) is 11.6 Å². The number of hydrogen-bond acceptors (Lipinski definition) is 3. The predicted octanol–water partition coefficient (Wildman–Crippen LogP) is 2.69. The maximum Gasteiger partial charge on any atom is 0.409 e. The molecule has 1 aromatic rings. The fraction of sp³-hybridized carbons (Fsp3) is 0.467. The minimum atomic E-state index is -0.475. The molecule has 0 aromatic heterocycles. The topological polar surface area (TPSA) is 58.6 Å². The van der Waals surface area contributed by atoms with Gasteiger partial charge in [0, 0.05) is 19.6 Å². The normalized spacial score (nSPS) is 15.5. The van der Waals surface area contributed by atoms with Crippen molar-refractivity contribution in [1.82, 2.24) is 10.2 Å². The van der Waals surface area contributed by atoms with E-state index in [2.05, 4.69) is 10.1 Å². The summed E-state index contributed by atoms with van der Waals surface area (Å²) < 4.78 is 17.6. The molecule has 1 fully saturated rings. The first-order valence-corrected chi connectivity index (χ1v) is 7.45. The Kier molecular flexibility index (Phi) is 5.60. The van der Waals surface area contributed by atoms with Crippen LogP contribution in [0.5, 0.6) is 0 Å². The third kappa shape index (κ3) is 4.10. The first kappa shape index (κ1) is 16.5. The monoisotopic (exact) mass is 328 g/mol. The lowest BCUT2D eigenvalue weighted by Crippen LogP contribution is -2.41. The zero-order valence-corrected chi connectivity index (χ0v) is 13.0. The van der Waals surface area contributed by atoms with E-state index in [-0.39, 0.29) is 22.6 Å². The van der Waals surface area contributed by atoms with E-state index < -0.39 is 5.82 Å². The molecule has 0 bridgehead atoms. The SMILES string of the molecule is COC(=O)N1CCC(CNC(=O)c2ccc(F)cc2Cl)CC1. The lowest BCUT2D eigenvalue weighted by atomic mass is 9.97. The highest BCUT2D eigenvalue weighted by Gasteiger charge is 2.23. The molecule has 22 heavy (non-hydrogen) atoms. The third-order valence-electron chi connectivity index (χ3n) is 3.77. The maximum atomic E-state index is 13.0. The van der Waals surface area contributed by atoms with Gasteiger partial charge in [0.15, 0.2) is 0 Å². The third-order valence-corrected chi connectivity index (χ3v) is 4.09. The molecular formula is C15H18ClFN2O3.